The molecular formula is C18H26N4O2S. The maximum atomic E-state index is 12.9. The van der Waals surface area contributed by atoms with Gasteiger partial charge >= 0.3 is 0 Å². The van der Waals surface area contributed by atoms with Crippen molar-refractivity contribution in [2.24, 2.45) is 11.1 Å². The number of rotatable bonds is 4. The van der Waals surface area contributed by atoms with Crippen molar-refractivity contribution >= 4 is 29.3 Å². The van der Waals surface area contributed by atoms with Crippen molar-refractivity contribution < 1.29 is 9.53 Å². The number of ether oxygens (including phenoxy) is 1. The molecule has 0 unspecified atom stereocenters. The first kappa shape index (κ1) is 17.1. The van der Waals surface area contributed by atoms with Crippen LogP contribution in [0.4, 0.5) is 11.6 Å². The average Bonchev–Trinajstić information content (AvgIpc) is 2.70. The Hall–Kier alpha value is -1.31. The number of anilines is 2. The minimum absolute atomic E-state index is 0.0386. The van der Waals surface area contributed by atoms with E-state index in [0.717, 1.165) is 56.1 Å². The molecule has 0 aromatic carbocycles. The second-order valence-corrected chi connectivity index (χ2v) is 8.62. The van der Waals surface area contributed by atoms with Gasteiger partial charge in [-0.25, -0.2) is 4.98 Å². The van der Waals surface area contributed by atoms with Crippen LogP contribution in [0.1, 0.15) is 25.7 Å². The maximum absolute atomic E-state index is 12.9. The largest absolute Gasteiger partial charge is 0.373 e. The number of amides is 1. The molecular weight excluding hydrogens is 336 g/mol. The lowest BCUT2D eigenvalue weighted by atomic mass is 9.65. The Kier molecular flexibility index (Phi) is 4.64. The minimum Gasteiger partial charge on any atom is -0.373 e. The van der Waals surface area contributed by atoms with Gasteiger partial charge in [0.2, 0.25) is 5.91 Å². The maximum Gasteiger partial charge on any atom is 0.234 e. The molecule has 1 amide bonds. The lowest BCUT2D eigenvalue weighted by Crippen LogP contribution is -2.58. The van der Waals surface area contributed by atoms with Gasteiger partial charge in [0.1, 0.15) is 11.6 Å². The smallest absolute Gasteiger partial charge is 0.234 e. The van der Waals surface area contributed by atoms with Crippen molar-refractivity contribution in [3.8, 4) is 0 Å². The molecule has 0 radical (unpaired) electrons. The van der Waals surface area contributed by atoms with Crippen LogP contribution >= 0.6 is 11.8 Å². The number of hydrogen-bond donors (Lipinski definition) is 2. The van der Waals surface area contributed by atoms with Gasteiger partial charge in [-0.05, 0) is 37.8 Å². The number of fused-ring (bicyclic) bond motifs is 3. The van der Waals surface area contributed by atoms with Crippen LogP contribution in [-0.4, -0.2) is 54.2 Å². The van der Waals surface area contributed by atoms with Crippen LogP contribution in [0.15, 0.2) is 18.2 Å². The predicted octanol–water partition coefficient (Wildman–Crippen LogP) is 1.86. The van der Waals surface area contributed by atoms with Crippen LogP contribution < -0.4 is 16.0 Å². The molecule has 6 nitrogen and oxygen atoms in total. The Balaban J connectivity index is 1.45. The van der Waals surface area contributed by atoms with Crippen molar-refractivity contribution in [2.45, 2.75) is 31.3 Å². The van der Waals surface area contributed by atoms with Crippen molar-refractivity contribution in [3.05, 3.63) is 18.2 Å². The topological polar surface area (TPSA) is 80.5 Å². The summed E-state index contributed by atoms with van der Waals surface area (Å²) in [6.45, 7) is 3.03. The third-order valence-electron chi connectivity index (χ3n) is 5.94. The molecule has 4 heterocycles. The van der Waals surface area contributed by atoms with E-state index in [2.05, 4.69) is 15.2 Å². The SMILES string of the molecule is NCC12CCC(C(=O)Nc3cccc(N4CCSCC4)n3)(CC1)CO2. The molecule has 4 fully saturated rings. The van der Waals surface area contributed by atoms with Gasteiger partial charge in [0.05, 0.1) is 17.6 Å². The van der Waals surface area contributed by atoms with Crippen LogP contribution in [0.3, 0.4) is 0 Å². The molecule has 5 rings (SSSR count). The Bertz CT molecular complexity index is 623. The summed E-state index contributed by atoms with van der Waals surface area (Å²) in [5, 5.41) is 3.04. The molecule has 136 valence electrons. The van der Waals surface area contributed by atoms with E-state index in [9.17, 15) is 4.79 Å². The summed E-state index contributed by atoms with van der Waals surface area (Å²) in [7, 11) is 0. The van der Waals surface area contributed by atoms with Crippen molar-refractivity contribution in [2.75, 3.05) is 48.0 Å². The molecule has 0 atom stereocenters. The Morgan fingerprint density at radius 1 is 1.28 bits per heavy atom. The van der Waals surface area contributed by atoms with E-state index in [-0.39, 0.29) is 11.5 Å². The molecule has 1 aromatic rings. The van der Waals surface area contributed by atoms with Gasteiger partial charge in [-0.2, -0.15) is 11.8 Å². The Labute approximate surface area is 152 Å². The van der Waals surface area contributed by atoms with Crippen LogP contribution in [0.5, 0.6) is 0 Å². The van der Waals surface area contributed by atoms with Crippen LogP contribution in [-0.2, 0) is 9.53 Å². The Morgan fingerprint density at radius 2 is 2.04 bits per heavy atom. The highest BCUT2D eigenvalue weighted by molar-refractivity contribution is 7.99. The van der Waals surface area contributed by atoms with Gasteiger partial charge in [-0.15, -0.1) is 0 Å². The number of nitrogens with one attached hydrogen (secondary N) is 1. The molecule has 3 N–H and O–H groups in total. The van der Waals surface area contributed by atoms with Crippen LogP contribution in [0.25, 0.3) is 0 Å². The van der Waals surface area contributed by atoms with Crippen LogP contribution in [0, 0.1) is 5.41 Å². The van der Waals surface area contributed by atoms with Crippen molar-refractivity contribution in [1.29, 1.82) is 0 Å². The monoisotopic (exact) mass is 362 g/mol. The summed E-state index contributed by atoms with van der Waals surface area (Å²) in [6, 6.07) is 5.85. The standard InChI is InChI=1S/C18H26N4O2S/c19-12-18-6-4-17(5-7-18,13-24-18)16(23)21-14-2-1-3-15(20-14)22-8-10-25-11-9-22/h1-3H,4-13,19H2,(H,20,21,23). The molecule has 1 saturated carbocycles. The molecule has 2 bridgehead atoms. The number of nitrogens with two attached hydrogens (primary N) is 1. The van der Waals surface area contributed by atoms with E-state index in [1.165, 1.54) is 0 Å². The number of aromatic nitrogens is 1. The zero-order chi connectivity index (χ0) is 17.3. The summed E-state index contributed by atoms with van der Waals surface area (Å²) in [5.41, 5.74) is 5.25. The fraction of sp³-hybridized carbons (Fsp3) is 0.667. The van der Waals surface area contributed by atoms with Crippen LogP contribution in [0.2, 0.25) is 0 Å². The predicted molar refractivity (Wildman–Crippen MR) is 101 cm³/mol. The summed E-state index contributed by atoms with van der Waals surface area (Å²) in [5.74, 6) is 3.87. The second kappa shape index (κ2) is 6.78. The van der Waals surface area contributed by atoms with Crippen molar-refractivity contribution in [3.63, 3.8) is 0 Å². The number of nitrogens with zero attached hydrogens (tertiary/aromatic N) is 2. The summed E-state index contributed by atoms with van der Waals surface area (Å²) >= 11 is 1.97. The van der Waals surface area contributed by atoms with E-state index in [0.29, 0.717) is 19.0 Å². The quantitative estimate of drug-likeness (QED) is 0.851. The molecule has 3 aliphatic heterocycles. The van der Waals surface area contributed by atoms with Gasteiger partial charge in [0.15, 0.2) is 0 Å². The fourth-order valence-electron chi connectivity index (χ4n) is 4.03. The molecule has 3 saturated heterocycles. The third-order valence-corrected chi connectivity index (χ3v) is 6.88. The average molecular weight is 362 g/mol. The summed E-state index contributed by atoms with van der Waals surface area (Å²) in [4.78, 5) is 19.9. The Morgan fingerprint density at radius 3 is 2.68 bits per heavy atom. The second-order valence-electron chi connectivity index (χ2n) is 7.39. The number of thioether (sulfide) groups is 1. The normalized spacial score (nSPS) is 31.8. The highest BCUT2D eigenvalue weighted by Gasteiger charge is 2.53. The number of carbonyl (C=O) groups is 1. The highest BCUT2D eigenvalue weighted by Crippen LogP contribution is 2.48. The van der Waals surface area contributed by atoms with E-state index in [1.54, 1.807) is 0 Å². The van der Waals surface area contributed by atoms with Gasteiger partial charge in [0, 0.05) is 31.1 Å². The van der Waals surface area contributed by atoms with E-state index < -0.39 is 5.41 Å². The lowest BCUT2D eigenvalue weighted by Gasteiger charge is -2.51. The van der Waals surface area contributed by atoms with E-state index >= 15 is 0 Å². The van der Waals surface area contributed by atoms with E-state index in [1.807, 2.05) is 30.0 Å². The first-order valence-corrected chi connectivity index (χ1v) is 10.3. The first-order valence-electron chi connectivity index (χ1n) is 9.10. The highest BCUT2D eigenvalue weighted by atomic mass is 32.2. The molecule has 1 aliphatic carbocycles. The molecule has 7 heteroatoms. The van der Waals surface area contributed by atoms with Gasteiger partial charge in [0.25, 0.3) is 0 Å². The molecule has 25 heavy (non-hydrogen) atoms. The summed E-state index contributed by atoms with van der Waals surface area (Å²) < 4.78 is 5.98. The number of pyridine rings is 1. The van der Waals surface area contributed by atoms with Gasteiger partial charge < -0.3 is 20.7 Å². The fourth-order valence-corrected chi connectivity index (χ4v) is 4.93. The molecule has 4 aliphatic rings. The van der Waals surface area contributed by atoms with Crippen molar-refractivity contribution in [1.82, 2.24) is 4.98 Å². The number of carbonyl (C=O) groups excluding carboxylic acids is 1. The molecule has 0 spiro atoms. The zero-order valence-electron chi connectivity index (χ0n) is 14.5. The van der Waals surface area contributed by atoms with Gasteiger partial charge in [-0.1, -0.05) is 6.07 Å². The summed E-state index contributed by atoms with van der Waals surface area (Å²) in [6.07, 6.45) is 3.43. The minimum atomic E-state index is -0.420. The number of hydrogen-bond acceptors (Lipinski definition) is 6. The van der Waals surface area contributed by atoms with Gasteiger partial charge in [-0.3, -0.25) is 4.79 Å². The lowest BCUT2D eigenvalue weighted by molar-refractivity contribution is -0.183. The molecule has 1 aromatic heterocycles. The van der Waals surface area contributed by atoms with E-state index in [4.69, 9.17) is 10.5 Å². The third kappa shape index (κ3) is 3.25. The zero-order valence-corrected chi connectivity index (χ0v) is 15.3. The first-order chi connectivity index (χ1) is 12.1.